The second kappa shape index (κ2) is 3.34. The van der Waals surface area contributed by atoms with Crippen LogP contribution in [0.2, 0.25) is 0 Å². The summed E-state index contributed by atoms with van der Waals surface area (Å²) in [6.45, 7) is 13.4. The van der Waals surface area contributed by atoms with Gasteiger partial charge in [-0.3, -0.25) is 0 Å². The molecular weight excluding hydrogens is 198 g/mol. The van der Waals surface area contributed by atoms with Crippen LogP contribution in [0.4, 0.5) is 5.69 Å². The Kier molecular flexibility index (Phi) is 2.23. The number of hydrogen-bond donors (Lipinski definition) is 0. The smallest absolute Gasteiger partial charge is 0.189 e. The van der Waals surface area contributed by atoms with E-state index in [0.29, 0.717) is 5.69 Å². The minimum Gasteiger partial charge on any atom is -0.331 e. The summed E-state index contributed by atoms with van der Waals surface area (Å²) in [5.41, 5.74) is 2.65. The van der Waals surface area contributed by atoms with E-state index < -0.39 is 0 Å². The first-order chi connectivity index (χ1) is 7.43. The molecule has 2 aromatic rings. The van der Waals surface area contributed by atoms with Crippen LogP contribution < -0.4 is 0 Å². The van der Waals surface area contributed by atoms with Crippen LogP contribution in [-0.4, -0.2) is 9.55 Å². The Morgan fingerprint density at radius 2 is 2.00 bits per heavy atom. The second-order valence-electron chi connectivity index (χ2n) is 5.03. The first kappa shape index (κ1) is 10.7. The molecule has 0 fully saturated rings. The van der Waals surface area contributed by atoms with E-state index in [4.69, 9.17) is 6.57 Å². The van der Waals surface area contributed by atoms with Crippen molar-refractivity contribution in [1.82, 2.24) is 9.55 Å². The Labute approximate surface area is 95.5 Å². The highest BCUT2D eigenvalue weighted by molar-refractivity contribution is 5.80. The van der Waals surface area contributed by atoms with Crippen molar-refractivity contribution < 1.29 is 0 Å². The van der Waals surface area contributed by atoms with E-state index in [-0.39, 0.29) is 5.41 Å². The largest absolute Gasteiger partial charge is 0.331 e. The fourth-order valence-corrected chi connectivity index (χ4v) is 1.93. The summed E-state index contributed by atoms with van der Waals surface area (Å²) in [5, 5.41) is 0. The van der Waals surface area contributed by atoms with Gasteiger partial charge in [0.2, 0.25) is 0 Å². The number of fused-ring (bicyclic) bond motifs is 1. The molecule has 1 heterocycles. The summed E-state index contributed by atoms with van der Waals surface area (Å²) < 4.78 is 2.10. The van der Waals surface area contributed by atoms with Crippen molar-refractivity contribution in [2.24, 2.45) is 7.05 Å². The highest BCUT2D eigenvalue weighted by Gasteiger charge is 2.20. The third kappa shape index (κ3) is 1.57. The molecule has 0 saturated carbocycles. The van der Waals surface area contributed by atoms with E-state index in [1.54, 1.807) is 0 Å². The Bertz CT molecular complexity index is 579. The molecule has 3 heteroatoms. The second-order valence-corrected chi connectivity index (χ2v) is 5.03. The van der Waals surface area contributed by atoms with Gasteiger partial charge < -0.3 is 4.57 Å². The average molecular weight is 213 g/mol. The van der Waals surface area contributed by atoms with E-state index in [0.717, 1.165) is 16.9 Å². The van der Waals surface area contributed by atoms with Gasteiger partial charge in [-0.15, -0.1) is 0 Å². The van der Waals surface area contributed by atoms with Gasteiger partial charge in [-0.25, -0.2) is 9.83 Å². The van der Waals surface area contributed by atoms with Gasteiger partial charge in [0, 0.05) is 12.5 Å². The summed E-state index contributed by atoms with van der Waals surface area (Å²) in [6, 6.07) is 5.64. The van der Waals surface area contributed by atoms with Crippen LogP contribution in [0.1, 0.15) is 26.6 Å². The van der Waals surface area contributed by atoms with Crippen LogP contribution in [-0.2, 0) is 12.5 Å². The highest BCUT2D eigenvalue weighted by atomic mass is 15.1. The normalized spacial score (nSPS) is 11.7. The quantitative estimate of drug-likeness (QED) is 0.615. The van der Waals surface area contributed by atoms with Crippen LogP contribution in [0, 0.1) is 6.57 Å². The molecule has 82 valence electrons. The maximum absolute atomic E-state index is 6.99. The van der Waals surface area contributed by atoms with Crippen LogP contribution in [0.25, 0.3) is 15.9 Å². The lowest BCUT2D eigenvalue weighted by atomic mass is 9.96. The molecule has 0 N–H and O–H groups in total. The molecule has 0 aliphatic heterocycles. The predicted octanol–water partition coefficient (Wildman–Crippen LogP) is 3.42. The zero-order valence-electron chi connectivity index (χ0n) is 10.1. The molecule has 0 aliphatic carbocycles. The van der Waals surface area contributed by atoms with Gasteiger partial charge >= 0.3 is 0 Å². The molecule has 0 atom stereocenters. The third-order valence-corrected chi connectivity index (χ3v) is 2.66. The topological polar surface area (TPSA) is 22.2 Å². The minimum atomic E-state index is 0.0199. The Hall–Kier alpha value is -1.82. The molecule has 16 heavy (non-hydrogen) atoms. The summed E-state index contributed by atoms with van der Waals surface area (Å²) in [7, 11) is 2.02. The van der Waals surface area contributed by atoms with Crippen molar-refractivity contribution >= 4 is 16.7 Å². The lowest BCUT2D eigenvalue weighted by molar-refractivity contribution is 0.526. The molecule has 0 saturated heterocycles. The third-order valence-electron chi connectivity index (χ3n) is 2.66. The predicted molar refractivity (Wildman–Crippen MR) is 65.7 cm³/mol. The zero-order valence-corrected chi connectivity index (χ0v) is 10.1. The number of imidazole rings is 1. The average Bonchev–Trinajstić information content (AvgIpc) is 2.55. The van der Waals surface area contributed by atoms with E-state index >= 15 is 0 Å². The first-order valence-electron chi connectivity index (χ1n) is 5.28. The first-order valence-corrected chi connectivity index (χ1v) is 5.28. The molecule has 0 amide bonds. The Morgan fingerprint density at radius 1 is 1.31 bits per heavy atom. The molecule has 3 nitrogen and oxygen atoms in total. The van der Waals surface area contributed by atoms with Crippen molar-refractivity contribution in [2.45, 2.75) is 26.2 Å². The van der Waals surface area contributed by atoms with E-state index in [9.17, 15) is 0 Å². The standard InChI is InChI=1S/C13H15N3/c1-13(2,3)12-15-10-8-9(14-4)6-7-11(10)16(12)5/h6-8H,1-3,5H3. The van der Waals surface area contributed by atoms with Gasteiger partial charge in [0.05, 0.1) is 17.6 Å². The Morgan fingerprint density at radius 3 is 2.56 bits per heavy atom. The van der Waals surface area contributed by atoms with Crippen LogP contribution in [0.15, 0.2) is 18.2 Å². The number of benzene rings is 1. The minimum absolute atomic E-state index is 0.0199. The summed E-state index contributed by atoms with van der Waals surface area (Å²) in [4.78, 5) is 8.03. The number of nitrogens with zero attached hydrogens (tertiary/aromatic N) is 3. The molecule has 0 spiro atoms. The van der Waals surface area contributed by atoms with Crippen molar-refractivity contribution in [3.05, 3.63) is 35.4 Å². The molecule has 0 aliphatic rings. The molecule has 0 radical (unpaired) electrons. The maximum Gasteiger partial charge on any atom is 0.189 e. The molecule has 0 unspecified atom stereocenters. The fourth-order valence-electron chi connectivity index (χ4n) is 1.93. The van der Waals surface area contributed by atoms with Crippen LogP contribution in [0.5, 0.6) is 0 Å². The van der Waals surface area contributed by atoms with E-state index in [1.807, 2.05) is 25.2 Å². The SMILES string of the molecule is [C-]#[N+]c1ccc2c(c1)nc(C(C)(C)C)n2C. The lowest BCUT2D eigenvalue weighted by Crippen LogP contribution is -2.17. The van der Waals surface area contributed by atoms with Gasteiger partial charge in [-0.05, 0) is 12.1 Å². The molecule has 1 aromatic carbocycles. The van der Waals surface area contributed by atoms with E-state index in [1.165, 1.54) is 0 Å². The zero-order chi connectivity index (χ0) is 11.9. The molecule has 1 aromatic heterocycles. The number of aromatic nitrogens is 2. The van der Waals surface area contributed by atoms with Crippen molar-refractivity contribution in [1.29, 1.82) is 0 Å². The van der Waals surface area contributed by atoms with Crippen molar-refractivity contribution in [2.75, 3.05) is 0 Å². The van der Waals surface area contributed by atoms with Gasteiger partial charge in [0.15, 0.2) is 5.69 Å². The van der Waals surface area contributed by atoms with Gasteiger partial charge in [-0.2, -0.15) is 0 Å². The van der Waals surface area contributed by atoms with Crippen LogP contribution >= 0.6 is 0 Å². The fraction of sp³-hybridized carbons (Fsp3) is 0.385. The van der Waals surface area contributed by atoms with Gasteiger partial charge in [0.25, 0.3) is 0 Å². The Balaban J connectivity index is 2.74. The molecule has 0 bridgehead atoms. The lowest BCUT2D eigenvalue weighted by Gasteiger charge is -2.17. The van der Waals surface area contributed by atoms with E-state index in [2.05, 4.69) is 35.2 Å². The summed E-state index contributed by atoms with van der Waals surface area (Å²) >= 11 is 0. The van der Waals surface area contributed by atoms with Gasteiger partial charge in [0.1, 0.15) is 5.82 Å². The van der Waals surface area contributed by atoms with Crippen molar-refractivity contribution in [3.63, 3.8) is 0 Å². The number of hydrogen-bond acceptors (Lipinski definition) is 1. The van der Waals surface area contributed by atoms with Crippen LogP contribution in [0.3, 0.4) is 0 Å². The number of rotatable bonds is 0. The maximum atomic E-state index is 6.99. The monoisotopic (exact) mass is 213 g/mol. The summed E-state index contributed by atoms with van der Waals surface area (Å²) in [6.07, 6.45) is 0. The molecule has 2 rings (SSSR count). The van der Waals surface area contributed by atoms with Gasteiger partial charge in [-0.1, -0.05) is 26.8 Å². The number of aryl methyl sites for hydroxylation is 1. The highest BCUT2D eigenvalue weighted by Crippen LogP contribution is 2.27. The summed E-state index contributed by atoms with van der Waals surface area (Å²) in [5.74, 6) is 1.05. The molecular formula is C13H15N3. The van der Waals surface area contributed by atoms with Crippen molar-refractivity contribution in [3.8, 4) is 0 Å².